The predicted octanol–water partition coefficient (Wildman–Crippen LogP) is 1.09. The third-order valence-electron chi connectivity index (χ3n) is 6.68. The van der Waals surface area contributed by atoms with Gasteiger partial charge in [0.05, 0.1) is 47.2 Å². The van der Waals surface area contributed by atoms with Gasteiger partial charge in [0.1, 0.15) is 6.26 Å². The molecular weight excluding hydrogens is 478 g/mol. The summed E-state index contributed by atoms with van der Waals surface area (Å²) in [4.78, 5) is 24.0. The number of carbonyl (C=O) groups excluding carboxylic acids is 1. The number of para-hydroxylation sites is 1. The van der Waals surface area contributed by atoms with Crippen molar-refractivity contribution in [2.45, 2.75) is 13.1 Å². The fourth-order valence-electron chi connectivity index (χ4n) is 4.56. The maximum atomic E-state index is 12.6. The first-order valence-corrected chi connectivity index (χ1v) is 12.9. The van der Waals surface area contributed by atoms with Gasteiger partial charge in [-0.1, -0.05) is 12.1 Å². The van der Waals surface area contributed by atoms with Crippen LogP contribution in [0.1, 0.15) is 21.9 Å². The smallest absolute Gasteiger partial charge is 0.273 e. The van der Waals surface area contributed by atoms with Crippen molar-refractivity contribution in [1.29, 1.82) is 0 Å². The second kappa shape index (κ2) is 14.3. The van der Waals surface area contributed by atoms with E-state index in [1.807, 2.05) is 18.2 Å². The topological polar surface area (TPSA) is 102 Å². The number of aromatic nitrogens is 1. The molecule has 2 saturated heterocycles. The van der Waals surface area contributed by atoms with E-state index in [0.29, 0.717) is 42.7 Å². The number of oxazole rings is 1. The van der Waals surface area contributed by atoms with Crippen LogP contribution in [0.4, 0.5) is 0 Å². The normalized spacial score (nSPS) is 17.2. The second-order valence-electron chi connectivity index (χ2n) is 9.15. The molecule has 2 fully saturated rings. The Morgan fingerprint density at radius 1 is 1.00 bits per heavy atom. The molecule has 0 bridgehead atoms. The Labute approximate surface area is 218 Å². The van der Waals surface area contributed by atoms with Gasteiger partial charge in [0.25, 0.3) is 5.91 Å². The molecular formula is C26H39N5O6. The minimum absolute atomic E-state index is 0.224. The average molecular weight is 518 g/mol. The zero-order valence-electron chi connectivity index (χ0n) is 21.9. The Kier molecular flexibility index (Phi) is 10.6. The summed E-state index contributed by atoms with van der Waals surface area (Å²) in [7, 11) is 3.29. The van der Waals surface area contributed by atoms with Crippen molar-refractivity contribution >= 4 is 5.91 Å². The van der Waals surface area contributed by atoms with E-state index in [9.17, 15) is 4.79 Å². The molecule has 1 aromatic heterocycles. The van der Waals surface area contributed by atoms with Gasteiger partial charge in [0, 0.05) is 64.5 Å². The van der Waals surface area contributed by atoms with E-state index < -0.39 is 0 Å². The van der Waals surface area contributed by atoms with Gasteiger partial charge in [-0.15, -0.1) is 0 Å². The van der Waals surface area contributed by atoms with Crippen LogP contribution in [-0.2, 0) is 22.6 Å². The van der Waals surface area contributed by atoms with E-state index in [2.05, 4.69) is 25.0 Å². The molecule has 0 spiro atoms. The summed E-state index contributed by atoms with van der Waals surface area (Å²) in [6.45, 7) is 10.7. The minimum atomic E-state index is -0.224. The number of hydrogen-bond donors (Lipinski definition) is 1. The van der Waals surface area contributed by atoms with Gasteiger partial charge in [-0.3, -0.25) is 19.5 Å². The molecule has 204 valence electrons. The van der Waals surface area contributed by atoms with Crippen molar-refractivity contribution in [2.24, 2.45) is 0 Å². The van der Waals surface area contributed by atoms with Crippen molar-refractivity contribution in [2.75, 3.05) is 93.0 Å². The zero-order chi connectivity index (χ0) is 25.9. The molecule has 1 aromatic carbocycles. The Bertz CT molecular complexity index is 974. The molecule has 1 N–H and O–H groups in total. The first-order chi connectivity index (χ1) is 18.2. The minimum Gasteiger partial charge on any atom is -0.493 e. The fourth-order valence-corrected chi connectivity index (χ4v) is 4.56. The Hall–Kier alpha value is -2.70. The molecule has 0 atom stereocenters. The number of ether oxygens (including phenoxy) is 4. The number of rotatable bonds is 13. The highest BCUT2D eigenvalue weighted by molar-refractivity contribution is 5.91. The highest BCUT2D eigenvalue weighted by atomic mass is 16.5. The van der Waals surface area contributed by atoms with Crippen LogP contribution in [0.2, 0.25) is 0 Å². The summed E-state index contributed by atoms with van der Waals surface area (Å²) in [5, 5.41) is 2.94. The zero-order valence-corrected chi connectivity index (χ0v) is 21.9. The number of nitrogens with one attached hydrogen (secondary N) is 1. The van der Waals surface area contributed by atoms with Crippen molar-refractivity contribution in [3.05, 3.63) is 41.6 Å². The third kappa shape index (κ3) is 8.14. The first kappa shape index (κ1) is 27.3. The first-order valence-electron chi connectivity index (χ1n) is 12.9. The van der Waals surface area contributed by atoms with E-state index in [-0.39, 0.29) is 5.91 Å². The SMILES string of the molecule is COc1cccc(CN(CCN2CCOCC2)Cc2nc(C(=O)NCCN3CCOCC3)co2)c1OC. The van der Waals surface area contributed by atoms with Crippen LogP contribution in [0.3, 0.4) is 0 Å². The summed E-state index contributed by atoms with van der Waals surface area (Å²) in [5.41, 5.74) is 1.31. The summed E-state index contributed by atoms with van der Waals surface area (Å²) in [6, 6.07) is 5.88. The molecule has 0 unspecified atom stereocenters. The highest BCUT2D eigenvalue weighted by Gasteiger charge is 2.20. The molecule has 11 nitrogen and oxygen atoms in total. The number of carbonyl (C=O) groups is 1. The van der Waals surface area contributed by atoms with Gasteiger partial charge >= 0.3 is 0 Å². The molecule has 37 heavy (non-hydrogen) atoms. The van der Waals surface area contributed by atoms with Gasteiger partial charge in [-0.05, 0) is 6.07 Å². The number of hydrogen-bond acceptors (Lipinski definition) is 10. The summed E-state index contributed by atoms with van der Waals surface area (Å²) >= 11 is 0. The standard InChI is InChI=1S/C26H39N5O6/c1-33-23-5-3-4-21(25(23)34-2)18-31(9-8-30-12-16-36-17-13-30)19-24-28-22(20-37-24)26(32)27-6-7-29-10-14-35-15-11-29/h3-5,20H,6-19H2,1-2H3,(H,27,32). The van der Waals surface area contributed by atoms with Gasteiger partial charge in [-0.2, -0.15) is 0 Å². The predicted molar refractivity (Wildman–Crippen MR) is 137 cm³/mol. The quantitative estimate of drug-likeness (QED) is 0.415. The molecule has 1 amide bonds. The van der Waals surface area contributed by atoms with Crippen LogP contribution in [0.25, 0.3) is 0 Å². The van der Waals surface area contributed by atoms with Crippen LogP contribution in [0.15, 0.2) is 28.9 Å². The van der Waals surface area contributed by atoms with E-state index in [1.54, 1.807) is 14.2 Å². The lowest BCUT2D eigenvalue weighted by molar-refractivity contribution is 0.0320. The van der Waals surface area contributed by atoms with Crippen molar-refractivity contribution in [3.8, 4) is 11.5 Å². The van der Waals surface area contributed by atoms with Gasteiger partial charge in [0.2, 0.25) is 5.89 Å². The van der Waals surface area contributed by atoms with Gasteiger partial charge in [-0.25, -0.2) is 4.98 Å². The maximum Gasteiger partial charge on any atom is 0.273 e. The molecule has 2 aromatic rings. The number of morpholine rings is 2. The van der Waals surface area contributed by atoms with Crippen LogP contribution >= 0.6 is 0 Å². The van der Waals surface area contributed by atoms with Crippen LogP contribution in [-0.4, -0.2) is 119 Å². The van der Waals surface area contributed by atoms with Crippen molar-refractivity contribution in [3.63, 3.8) is 0 Å². The van der Waals surface area contributed by atoms with Crippen LogP contribution in [0.5, 0.6) is 11.5 Å². The number of nitrogens with zero attached hydrogens (tertiary/aromatic N) is 4. The lowest BCUT2D eigenvalue weighted by Gasteiger charge is -2.30. The third-order valence-corrected chi connectivity index (χ3v) is 6.68. The molecule has 4 rings (SSSR count). The average Bonchev–Trinajstić information content (AvgIpc) is 3.41. The van der Waals surface area contributed by atoms with Crippen LogP contribution in [0, 0.1) is 0 Å². The van der Waals surface area contributed by atoms with Gasteiger partial charge in [0.15, 0.2) is 17.2 Å². The van der Waals surface area contributed by atoms with Gasteiger partial charge < -0.3 is 28.7 Å². The molecule has 2 aliphatic heterocycles. The highest BCUT2D eigenvalue weighted by Crippen LogP contribution is 2.31. The molecule has 0 radical (unpaired) electrons. The van der Waals surface area contributed by atoms with Crippen molar-refractivity contribution < 1.29 is 28.2 Å². The van der Waals surface area contributed by atoms with E-state index in [1.165, 1.54) is 6.26 Å². The number of amides is 1. The van der Waals surface area contributed by atoms with E-state index in [0.717, 1.165) is 77.8 Å². The molecule has 0 aliphatic carbocycles. The summed E-state index contributed by atoms with van der Waals surface area (Å²) < 4.78 is 27.7. The Balaban J connectivity index is 1.37. The molecule has 2 aliphatic rings. The van der Waals surface area contributed by atoms with E-state index in [4.69, 9.17) is 23.4 Å². The second-order valence-corrected chi connectivity index (χ2v) is 9.15. The lowest BCUT2D eigenvalue weighted by atomic mass is 10.1. The maximum absolute atomic E-state index is 12.6. The Morgan fingerprint density at radius 2 is 1.70 bits per heavy atom. The van der Waals surface area contributed by atoms with Crippen LogP contribution < -0.4 is 14.8 Å². The number of benzene rings is 1. The lowest BCUT2D eigenvalue weighted by Crippen LogP contribution is -2.41. The van der Waals surface area contributed by atoms with E-state index >= 15 is 0 Å². The fraction of sp³-hybridized carbons (Fsp3) is 0.615. The molecule has 3 heterocycles. The molecule has 0 saturated carbocycles. The van der Waals surface area contributed by atoms with Crippen molar-refractivity contribution in [1.82, 2.24) is 25.0 Å². The largest absolute Gasteiger partial charge is 0.493 e. The number of methoxy groups -OCH3 is 2. The molecule has 11 heteroatoms. The monoisotopic (exact) mass is 517 g/mol. The summed E-state index contributed by atoms with van der Waals surface area (Å²) in [6.07, 6.45) is 1.44. The summed E-state index contributed by atoms with van der Waals surface area (Å²) in [5.74, 6) is 1.69. The Morgan fingerprint density at radius 3 is 2.38 bits per heavy atom.